The van der Waals surface area contributed by atoms with Crippen molar-refractivity contribution in [2.75, 3.05) is 6.54 Å². The highest BCUT2D eigenvalue weighted by Gasteiger charge is 2.25. The Kier molecular flexibility index (Phi) is 4.35. The van der Waals surface area contributed by atoms with E-state index in [1.807, 2.05) is 11.3 Å². The first-order chi connectivity index (χ1) is 8.19. The summed E-state index contributed by atoms with van der Waals surface area (Å²) in [5.74, 6) is 0.322. The molecule has 1 unspecified atom stereocenters. The highest BCUT2D eigenvalue weighted by atomic mass is 32.1. The molecule has 0 aliphatic carbocycles. The topological polar surface area (TPSA) is 20.3 Å². The van der Waals surface area contributed by atoms with Gasteiger partial charge in [-0.2, -0.15) is 0 Å². The first-order valence-electron chi connectivity index (χ1n) is 6.50. The first kappa shape index (κ1) is 12.8. The Balaban J connectivity index is 1.95. The smallest absolute Gasteiger partial charge is 0.131 e. The Morgan fingerprint density at radius 1 is 1.47 bits per heavy atom. The van der Waals surface area contributed by atoms with Crippen molar-refractivity contribution in [3.8, 4) is 0 Å². The number of hydrogen-bond acceptors (Lipinski definition) is 3. The molecule has 0 saturated carbocycles. The molecule has 1 atom stereocenters. The van der Waals surface area contributed by atoms with E-state index in [1.54, 1.807) is 6.92 Å². The molecule has 2 heterocycles. The molecule has 1 aliphatic rings. The third-order valence-electron chi connectivity index (χ3n) is 3.45. The van der Waals surface area contributed by atoms with E-state index in [2.05, 4.69) is 24.0 Å². The van der Waals surface area contributed by atoms with Gasteiger partial charge in [0, 0.05) is 28.8 Å². The van der Waals surface area contributed by atoms with Crippen LogP contribution in [0, 0.1) is 0 Å². The lowest BCUT2D eigenvalue weighted by Gasteiger charge is -2.22. The van der Waals surface area contributed by atoms with E-state index < -0.39 is 0 Å². The Hall–Kier alpha value is -0.670. The van der Waals surface area contributed by atoms with E-state index in [-0.39, 0.29) is 0 Å². The molecule has 0 radical (unpaired) electrons. The summed E-state index contributed by atoms with van der Waals surface area (Å²) in [7, 11) is 0. The Morgan fingerprint density at radius 2 is 2.24 bits per heavy atom. The molecule has 1 aromatic heterocycles. The van der Waals surface area contributed by atoms with Crippen molar-refractivity contribution in [1.29, 1.82) is 0 Å². The van der Waals surface area contributed by atoms with Crippen LogP contribution in [0.3, 0.4) is 0 Å². The van der Waals surface area contributed by atoms with Crippen molar-refractivity contribution in [3.63, 3.8) is 0 Å². The van der Waals surface area contributed by atoms with Crippen LogP contribution in [0.5, 0.6) is 0 Å². The molecule has 1 fully saturated rings. The van der Waals surface area contributed by atoms with Gasteiger partial charge < -0.3 is 0 Å². The van der Waals surface area contributed by atoms with Gasteiger partial charge in [-0.3, -0.25) is 9.69 Å². The number of ketones is 1. The van der Waals surface area contributed by atoms with Crippen molar-refractivity contribution in [3.05, 3.63) is 21.9 Å². The monoisotopic (exact) mass is 251 g/mol. The molecule has 1 aliphatic heterocycles. The zero-order chi connectivity index (χ0) is 12.3. The number of Topliss-reactive ketones (excluding diaryl/α,β-unsaturated/α-hetero) is 1. The van der Waals surface area contributed by atoms with Crippen LogP contribution in [0.1, 0.15) is 42.9 Å². The second-order valence-electron chi connectivity index (χ2n) is 4.89. The molecule has 17 heavy (non-hydrogen) atoms. The SMILES string of the molecule is CCc1ccc(CN2CCCC2CC(C)=O)s1. The number of rotatable bonds is 5. The highest BCUT2D eigenvalue weighted by Crippen LogP contribution is 2.25. The quantitative estimate of drug-likeness (QED) is 0.800. The van der Waals surface area contributed by atoms with Crippen molar-refractivity contribution in [2.45, 2.75) is 52.1 Å². The molecule has 3 heteroatoms. The van der Waals surface area contributed by atoms with Crippen molar-refractivity contribution >= 4 is 17.1 Å². The van der Waals surface area contributed by atoms with Crippen LogP contribution in [0.15, 0.2) is 12.1 Å². The minimum atomic E-state index is 0.322. The average Bonchev–Trinajstić information content (AvgIpc) is 2.89. The summed E-state index contributed by atoms with van der Waals surface area (Å²) in [4.78, 5) is 16.6. The van der Waals surface area contributed by atoms with E-state index in [9.17, 15) is 4.79 Å². The number of thiophene rings is 1. The standard InChI is InChI=1S/C14H21NOS/c1-3-13-6-7-14(17-13)10-15-8-4-5-12(15)9-11(2)16/h6-7,12H,3-5,8-10H2,1-2H3. The van der Waals surface area contributed by atoms with Gasteiger partial charge in [-0.25, -0.2) is 0 Å². The lowest BCUT2D eigenvalue weighted by atomic mass is 10.1. The van der Waals surface area contributed by atoms with Gasteiger partial charge in [0.2, 0.25) is 0 Å². The minimum absolute atomic E-state index is 0.322. The molecular formula is C14H21NOS. The van der Waals surface area contributed by atoms with Crippen LogP contribution in [-0.2, 0) is 17.8 Å². The Labute approximate surface area is 108 Å². The zero-order valence-corrected chi connectivity index (χ0v) is 11.6. The van der Waals surface area contributed by atoms with Gasteiger partial charge in [0.25, 0.3) is 0 Å². The van der Waals surface area contributed by atoms with Crippen LogP contribution in [0.4, 0.5) is 0 Å². The maximum absolute atomic E-state index is 11.2. The Bertz CT molecular complexity index is 385. The summed E-state index contributed by atoms with van der Waals surface area (Å²) >= 11 is 1.91. The number of nitrogens with zero attached hydrogens (tertiary/aromatic N) is 1. The summed E-state index contributed by atoms with van der Waals surface area (Å²) in [5, 5.41) is 0. The predicted octanol–water partition coefficient (Wildman–Crippen LogP) is 3.25. The van der Waals surface area contributed by atoms with Gasteiger partial charge >= 0.3 is 0 Å². The summed E-state index contributed by atoms with van der Waals surface area (Å²) in [6, 6.07) is 4.96. The van der Waals surface area contributed by atoms with E-state index in [0.29, 0.717) is 11.8 Å². The van der Waals surface area contributed by atoms with Gasteiger partial charge in [-0.15, -0.1) is 11.3 Å². The van der Waals surface area contributed by atoms with Gasteiger partial charge in [-0.05, 0) is 44.9 Å². The lowest BCUT2D eigenvalue weighted by Crippen LogP contribution is -2.30. The fourth-order valence-electron chi connectivity index (χ4n) is 2.56. The van der Waals surface area contributed by atoms with Gasteiger partial charge in [0.15, 0.2) is 0 Å². The third kappa shape index (κ3) is 3.39. The highest BCUT2D eigenvalue weighted by molar-refractivity contribution is 7.11. The van der Waals surface area contributed by atoms with Crippen LogP contribution < -0.4 is 0 Å². The molecular weight excluding hydrogens is 230 g/mol. The average molecular weight is 251 g/mol. The predicted molar refractivity (Wildman–Crippen MR) is 72.4 cm³/mol. The number of likely N-dealkylation sites (tertiary alicyclic amines) is 1. The van der Waals surface area contributed by atoms with Crippen LogP contribution in [0.25, 0.3) is 0 Å². The molecule has 1 aromatic rings. The fraction of sp³-hybridized carbons (Fsp3) is 0.643. The molecule has 2 nitrogen and oxygen atoms in total. The van der Waals surface area contributed by atoms with Crippen LogP contribution in [0.2, 0.25) is 0 Å². The van der Waals surface area contributed by atoms with E-state index in [1.165, 1.54) is 22.6 Å². The molecule has 2 rings (SSSR count). The minimum Gasteiger partial charge on any atom is -0.300 e. The molecule has 1 saturated heterocycles. The van der Waals surface area contributed by atoms with Crippen molar-refractivity contribution < 1.29 is 4.79 Å². The van der Waals surface area contributed by atoms with E-state index in [0.717, 1.165) is 25.9 Å². The molecule has 0 bridgehead atoms. The van der Waals surface area contributed by atoms with Gasteiger partial charge in [0.1, 0.15) is 5.78 Å². The van der Waals surface area contributed by atoms with Crippen molar-refractivity contribution in [1.82, 2.24) is 4.90 Å². The number of carbonyl (C=O) groups is 1. The lowest BCUT2D eigenvalue weighted by molar-refractivity contribution is -0.118. The maximum atomic E-state index is 11.2. The van der Waals surface area contributed by atoms with Crippen molar-refractivity contribution in [2.24, 2.45) is 0 Å². The summed E-state index contributed by atoms with van der Waals surface area (Å²) in [5.41, 5.74) is 0. The molecule has 94 valence electrons. The van der Waals surface area contributed by atoms with E-state index >= 15 is 0 Å². The molecule has 0 aromatic carbocycles. The van der Waals surface area contributed by atoms with Crippen LogP contribution >= 0.6 is 11.3 Å². The summed E-state index contributed by atoms with van der Waals surface area (Å²) in [6.07, 6.45) is 4.28. The Morgan fingerprint density at radius 3 is 2.88 bits per heavy atom. The number of aryl methyl sites for hydroxylation is 1. The van der Waals surface area contributed by atoms with Gasteiger partial charge in [-0.1, -0.05) is 6.92 Å². The summed E-state index contributed by atoms with van der Waals surface area (Å²) in [6.45, 7) is 6.08. The first-order valence-corrected chi connectivity index (χ1v) is 7.31. The van der Waals surface area contributed by atoms with Crippen LogP contribution in [-0.4, -0.2) is 23.3 Å². The second-order valence-corrected chi connectivity index (χ2v) is 6.15. The zero-order valence-electron chi connectivity index (χ0n) is 10.7. The molecule has 0 amide bonds. The normalized spacial score (nSPS) is 20.9. The second kappa shape index (κ2) is 5.78. The van der Waals surface area contributed by atoms with E-state index in [4.69, 9.17) is 0 Å². The largest absolute Gasteiger partial charge is 0.300 e. The molecule has 0 spiro atoms. The molecule has 0 N–H and O–H groups in total. The summed E-state index contributed by atoms with van der Waals surface area (Å²) < 4.78 is 0. The third-order valence-corrected chi connectivity index (χ3v) is 4.66. The fourth-order valence-corrected chi connectivity index (χ4v) is 3.55. The number of hydrogen-bond donors (Lipinski definition) is 0. The van der Waals surface area contributed by atoms with Gasteiger partial charge in [0.05, 0.1) is 0 Å². The maximum Gasteiger partial charge on any atom is 0.131 e. The number of carbonyl (C=O) groups excluding carboxylic acids is 1.